The predicted molar refractivity (Wildman–Crippen MR) is 99.0 cm³/mol. The number of rotatable bonds is 3. The van der Waals surface area contributed by atoms with Crippen molar-refractivity contribution in [3.05, 3.63) is 18.3 Å². The molecule has 2 fully saturated rings. The van der Waals surface area contributed by atoms with Crippen LogP contribution in [0.2, 0.25) is 0 Å². The van der Waals surface area contributed by atoms with Crippen molar-refractivity contribution in [1.29, 1.82) is 5.26 Å². The van der Waals surface area contributed by atoms with Crippen molar-refractivity contribution < 1.29 is 14.1 Å². The van der Waals surface area contributed by atoms with Gasteiger partial charge in [0.05, 0.1) is 17.3 Å². The van der Waals surface area contributed by atoms with Crippen LogP contribution in [0.25, 0.3) is 0 Å². The number of anilines is 1. The second kappa shape index (κ2) is 6.90. The van der Waals surface area contributed by atoms with Gasteiger partial charge in [-0.1, -0.05) is 0 Å². The molecule has 0 aliphatic carbocycles. The molecular formula is C18H25BN4O3. The second-order valence-electron chi connectivity index (χ2n) is 7.74. The lowest BCUT2D eigenvalue weighted by atomic mass is 9.79. The number of hydrogen-bond donors (Lipinski definition) is 0. The fourth-order valence-electron chi connectivity index (χ4n) is 3.10. The summed E-state index contributed by atoms with van der Waals surface area (Å²) in [5, 5.41) is 8.66. The van der Waals surface area contributed by atoms with Gasteiger partial charge < -0.3 is 19.1 Å². The summed E-state index contributed by atoms with van der Waals surface area (Å²) in [5.74, 6) is 0.746. The Morgan fingerprint density at radius 3 is 2.42 bits per heavy atom. The van der Waals surface area contributed by atoms with Crippen molar-refractivity contribution in [2.45, 2.75) is 45.3 Å². The molecule has 0 N–H and O–H groups in total. The number of nitrogens with zero attached hydrogens (tertiary/aromatic N) is 4. The van der Waals surface area contributed by atoms with Crippen molar-refractivity contribution in [2.75, 3.05) is 31.1 Å². The van der Waals surface area contributed by atoms with E-state index in [1.165, 1.54) is 0 Å². The topological polar surface area (TPSA) is 78.7 Å². The lowest BCUT2D eigenvalue weighted by Gasteiger charge is -2.35. The number of carbonyl (C=O) groups excluding carboxylic acids is 1. The zero-order valence-electron chi connectivity index (χ0n) is 15.9. The fraction of sp³-hybridized carbons (Fsp3) is 0.611. The smallest absolute Gasteiger partial charge is 0.399 e. The molecule has 1 aromatic rings. The van der Waals surface area contributed by atoms with Gasteiger partial charge in [-0.3, -0.25) is 4.79 Å². The molecule has 3 rings (SSSR count). The predicted octanol–water partition coefficient (Wildman–Crippen LogP) is 0.943. The van der Waals surface area contributed by atoms with E-state index in [9.17, 15) is 4.79 Å². The molecule has 7 nitrogen and oxygen atoms in total. The Hall–Kier alpha value is -2.11. The summed E-state index contributed by atoms with van der Waals surface area (Å²) in [6.45, 7) is 10.7. The van der Waals surface area contributed by atoms with Gasteiger partial charge in [-0.05, 0) is 45.3 Å². The van der Waals surface area contributed by atoms with E-state index in [-0.39, 0.29) is 23.5 Å². The first kappa shape index (κ1) is 18.7. The van der Waals surface area contributed by atoms with Crippen LogP contribution in [0.15, 0.2) is 18.3 Å². The zero-order chi connectivity index (χ0) is 18.9. The maximum Gasteiger partial charge on any atom is 0.495 e. The Morgan fingerprint density at radius 2 is 1.85 bits per heavy atom. The molecule has 0 aromatic carbocycles. The van der Waals surface area contributed by atoms with Crippen LogP contribution in [0, 0.1) is 11.3 Å². The Bertz CT molecular complexity index is 707. The molecule has 26 heavy (non-hydrogen) atoms. The van der Waals surface area contributed by atoms with E-state index in [0.717, 1.165) is 11.3 Å². The minimum absolute atomic E-state index is 0.0599. The summed E-state index contributed by atoms with van der Waals surface area (Å²) in [4.78, 5) is 20.2. The first-order valence-electron chi connectivity index (χ1n) is 8.95. The van der Waals surface area contributed by atoms with Gasteiger partial charge in [-0.15, -0.1) is 0 Å². The molecule has 2 aliphatic heterocycles. The SMILES string of the molecule is CC1(C)OB(c2ccnc(N3CCN(C(=O)CC#N)CC3)c2)OC1(C)C. The molecule has 1 aromatic heterocycles. The van der Waals surface area contributed by atoms with Gasteiger partial charge >= 0.3 is 7.12 Å². The molecule has 0 unspecified atom stereocenters. The van der Waals surface area contributed by atoms with Crippen LogP contribution < -0.4 is 10.4 Å². The number of piperazine rings is 1. The van der Waals surface area contributed by atoms with Crippen LogP contribution >= 0.6 is 0 Å². The van der Waals surface area contributed by atoms with E-state index in [2.05, 4.69) is 9.88 Å². The van der Waals surface area contributed by atoms with Gasteiger partial charge in [0.1, 0.15) is 12.2 Å². The summed E-state index contributed by atoms with van der Waals surface area (Å²) >= 11 is 0. The molecule has 0 radical (unpaired) electrons. The normalized spacial score (nSPS) is 21.6. The Kier molecular flexibility index (Phi) is 4.95. The zero-order valence-corrected chi connectivity index (χ0v) is 15.9. The van der Waals surface area contributed by atoms with Crippen LogP contribution in [0.1, 0.15) is 34.1 Å². The van der Waals surface area contributed by atoms with Gasteiger partial charge in [0.25, 0.3) is 0 Å². The maximum absolute atomic E-state index is 11.8. The largest absolute Gasteiger partial charge is 0.495 e. The van der Waals surface area contributed by atoms with Gasteiger partial charge in [0, 0.05) is 32.4 Å². The van der Waals surface area contributed by atoms with Crippen molar-refractivity contribution in [3.63, 3.8) is 0 Å². The molecule has 8 heteroatoms. The third-order valence-corrected chi connectivity index (χ3v) is 5.48. The molecule has 0 bridgehead atoms. The summed E-state index contributed by atoms with van der Waals surface area (Å²) < 4.78 is 12.2. The second-order valence-corrected chi connectivity index (χ2v) is 7.74. The molecule has 138 valence electrons. The summed E-state index contributed by atoms with van der Waals surface area (Å²) in [5.41, 5.74) is 0.179. The number of aromatic nitrogens is 1. The summed E-state index contributed by atoms with van der Waals surface area (Å²) in [7, 11) is -0.416. The summed E-state index contributed by atoms with van der Waals surface area (Å²) in [6, 6.07) is 5.82. The van der Waals surface area contributed by atoms with E-state index < -0.39 is 7.12 Å². The van der Waals surface area contributed by atoms with Crippen molar-refractivity contribution in [3.8, 4) is 6.07 Å². The van der Waals surface area contributed by atoms with E-state index >= 15 is 0 Å². The Morgan fingerprint density at radius 1 is 1.23 bits per heavy atom. The standard InChI is InChI=1S/C18H25BN4O3/c1-17(2)18(3,4)26-19(25-17)14-6-8-21-15(13-14)22-9-11-23(12-10-22)16(24)5-7-20/h6,8,13H,5,9-12H2,1-4H3. The van der Waals surface area contributed by atoms with Crippen LogP contribution in [0.5, 0.6) is 0 Å². The summed E-state index contributed by atoms with van der Waals surface area (Å²) in [6.07, 6.45) is 1.71. The molecule has 0 spiro atoms. The molecular weight excluding hydrogens is 331 g/mol. The number of hydrogen-bond acceptors (Lipinski definition) is 6. The van der Waals surface area contributed by atoms with Crippen LogP contribution in [0.3, 0.4) is 0 Å². The minimum Gasteiger partial charge on any atom is -0.399 e. The third-order valence-electron chi connectivity index (χ3n) is 5.48. The van der Waals surface area contributed by atoms with Crippen molar-refractivity contribution in [2.24, 2.45) is 0 Å². The average molecular weight is 356 g/mol. The highest BCUT2D eigenvalue weighted by Gasteiger charge is 2.51. The van der Waals surface area contributed by atoms with Crippen molar-refractivity contribution in [1.82, 2.24) is 9.88 Å². The molecule has 2 aliphatic rings. The highest BCUT2D eigenvalue weighted by Crippen LogP contribution is 2.36. The maximum atomic E-state index is 11.8. The quantitative estimate of drug-likeness (QED) is 0.751. The average Bonchev–Trinajstić information content (AvgIpc) is 2.83. The van der Waals surface area contributed by atoms with Gasteiger partial charge in [-0.2, -0.15) is 5.26 Å². The lowest BCUT2D eigenvalue weighted by molar-refractivity contribution is -0.130. The van der Waals surface area contributed by atoms with Gasteiger partial charge in [0.2, 0.25) is 5.91 Å². The molecule has 1 amide bonds. The molecule has 3 heterocycles. The first-order chi connectivity index (χ1) is 12.2. The van der Waals surface area contributed by atoms with Gasteiger partial charge in [0.15, 0.2) is 0 Å². The lowest BCUT2D eigenvalue weighted by Crippen LogP contribution is -2.49. The number of amides is 1. The monoisotopic (exact) mass is 356 g/mol. The van der Waals surface area contributed by atoms with Crippen molar-refractivity contribution >= 4 is 24.3 Å². The van der Waals surface area contributed by atoms with Crippen LogP contribution in [0.4, 0.5) is 5.82 Å². The number of nitriles is 1. The number of carbonyl (C=O) groups is 1. The molecule has 0 atom stereocenters. The molecule has 2 saturated heterocycles. The van der Waals surface area contributed by atoms with E-state index in [4.69, 9.17) is 14.6 Å². The van der Waals surface area contributed by atoms with Gasteiger partial charge in [-0.25, -0.2) is 4.98 Å². The number of pyridine rings is 1. The highest BCUT2D eigenvalue weighted by atomic mass is 16.7. The van der Waals surface area contributed by atoms with E-state index in [1.807, 2.05) is 45.9 Å². The fourth-order valence-corrected chi connectivity index (χ4v) is 3.10. The first-order valence-corrected chi connectivity index (χ1v) is 8.95. The highest BCUT2D eigenvalue weighted by molar-refractivity contribution is 6.62. The van der Waals surface area contributed by atoms with E-state index in [0.29, 0.717) is 26.2 Å². The molecule has 0 saturated carbocycles. The van der Waals surface area contributed by atoms with Crippen LogP contribution in [-0.2, 0) is 14.1 Å². The van der Waals surface area contributed by atoms with E-state index in [1.54, 1.807) is 11.1 Å². The Labute approximate surface area is 155 Å². The minimum atomic E-state index is -0.416. The Balaban J connectivity index is 1.68. The van der Waals surface area contributed by atoms with Crippen LogP contribution in [-0.4, -0.2) is 60.3 Å². The third kappa shape index (κ3) is 3.55.